The van der Waals surface area contributed by atoms with Crippen molar-refractivity contribution in [2.24, 2.45) is 0 Å². The maximum absolute atomic E-state index is 5.48. The average molecular weight is 177 g/mol. The molecule has 2 rings (SSSR count). The lowest BCUT2D eigenvalue weighted by Gasteiger charge is -2.16. The van der Waals surface area contributed by atoms with E-state index in [2.05, 4.69) is 24.4 Å². The Morgan fingerprint density at radius 1 is 1.31 bits per heavy atom. The van der Waals surface area contributed by atoms with Gasteiger partial charge in [0.2, 0.25) is 0 Å². The third kappa shape index (κ3) is 2.01. The molecule has 2 heteroatoms. The highest BCUT2D eigenvalue weighted by Crippen LogP contribution is 2.18. The topological polar surface area (TPSA) is 21.3 Å². The van der Waals surface area contributed by atoms with E-state index in [1.807, 2.05) is 18.2 Å². The molecule has 0 saturated carbocycles. The molecule has 1 saturated heterocycles. The van der Waals surface area contributed by atoms with Gasteiger partial charge in [-0.1, -0.05) is 18.2 Å². The summed E-state index contributed by atoms with van der Waals surface area (Å²) in [5.41, 5.74) is 1.19. The summed E-state index contributed by atoms with van der Waals surface area (Å²) >= 11 is 0. The molecule has 0 aliphatic carbocycles. The van der Waals surface area contributed by atoms with E-state index in [4.69, 9.17) is 4.74 Å². The highest BCUT2D eigenvalue weighted by Gasteiger charge is 2.23. The molecule has 0 bridgehead atoms. The lowest BCUT2D eigenvalue weighted by Crippen LogP contribution is -2.26. The molecule has 70 valence electrons. The van der Waals surface area contributed by atoms with Crippen molar-refractivity contribution in [3.63, 3.8) is 0 Å². The molecule has 0 aromatic heterocycles. The zero-order chi connectivity index (χ0) is 9.10. The Labute approximate surface area is 78.9 Å². The predicted octanol–water partition coefficient (Wildman–Crippen LogP) is 2.28. The normalized spacial score (nSPS) is 27.5. The van der Waals surface area contributed by atoms with Crippen molar-refractivity contribution >= 4 is 5.69 Å². The zero-order valence-corrected chi connectivity index (χ0v) is 7.86. The van der Waals surface area contributed by atoms with Crippen LogP contribution in [0.1, 0.15) is 13.3 Å². The summed E-state index contributed by atoms with van der Waals surface area (Å²) < 4.78 is 5.48. The molecule has 1 aromatic rings. The summed E-state index contributed by atoms with van der Waals surface area (Å²) in [6, 6.07) is 10.8. The third-order valence-corrected chi connectivity index (χ3v) is 2.50. The van der Waals surface area contributed by atoms with Gasteiger partial charge in [0.15, 0.2) is 0 Å². The van der Waals surface area contributed by atoms with E-state index < -0.39 is 0 Å². The highest BCUT2D eigenvalue weighted by molar-refractivity contribution is 5.43. The fourth-order valence-corrected chi connectivity index (χ4v) is 1.67. The maximum atomic E-state index is 5.48. The minimum atomic E-state index is 0.334. The van der Waals surface area contributed by atoms with Gasteiger partial charge in [0, 0.05) is 12.3 Å². The van der Waals surface area contributed by atoms with Gasteiger partial charge >= 0.3 is 0 Å². The predicted molar refractivity (Wildman–Crippen MR) is 53.9 cm³/mol. The van der Waals surface area contributed by atoms with Gasteiger partial charge in [0.1, 0.15) is 0 Å². The monoisotopic (exact) mass is 177 g/mol. The number of hydrogen-bond acceptors (Lipinski definition) is 2. The van der Waals surface area contributed by atoms with Crippen molar-refractivity contribution in [1.82, 2.24) is 0 Å². The number of ether oxygens (including phenoxy) is 1. The molecule has 2 nitrogen and oxygen atoms in total. The second kappa shape index (κ2) is 3.79. The fourth-order valence-electron chi connectivity index (χ4n) is 1.67. The van der Waals surface area contributed by atoms with Crippen LogP contribution in [-0.2, 0) is 4.74 Å². The van der Waals surface area contributed by atoms with Gasteiger partial charge in [0.05, 0.1) is 12.1 Å². The van der Waals surface area contributed by atoms with Gasteiger partial charge in [-0.3, -0.25) is 0 Å². The summed E-state index contributed by atoms with van der Waals surface area (Å²) in [6.07, 6.45) is 1.44. The lowest BCUT2D eigenvalue weighted by atomic mass is 10.1. The molecule has 0 unspecified atom stereocenters. The summed E-state index contributed by atoms with van der Waals surface area (Å²) in [7, 11) is 0. The zero-order valence-electron chi connectivity index (χ0n) is 7.86. The molecular formula is C11H15NO. The Bertz CT molecular complexity index is 260. The molecule has 2 atom stereocenters. The number of anilines is 1. The van der Waals surface area contributed by atoms with Crippen molar-refractivity contribution in [2.45, 2.75) is 25.5 Å². The molecule has 0 radical (unpaired) electrons. The van der Waals surface area contributed by atoms with E-state index in [0.29, 0.717) is 12.1 Å². The summed E-state index contributed by atoms with van der Waals surface area (Å²) in [5, 5.41) is 3.47. The maximum Gasteiger partial charge on any atom is 0.0748 e. The Morgan fingerprint density at radius 2 is 2.08 bits per heavy atom. The van der Waals surface area contributed by atoms with Crippen LogP contribution in [0.2, 0.25) is 0 Å². The first-order valence-electron chi connectivity index (χ1n) is 4.79. The smallest absolute Gasteiger partial charge is 0.0748 e. The van der Waals surface area contributed by atoms with Gasteiger partial charge in [-0.2, -0.15) is 0 Å². The Morgan fingerprint density at radius 3 is 2.69 bits per heavy atom. The van der Waals surface area contributed by atoms with Crippen LogP contribution in [0, 0.1) is 0 Å². The number of para-hydroxylation sites is 1. The van der Waals surface area contributed by atoms with Gasteiger partial charge in [-0.15, -0.1) is 0 Å². The van der Waals surface area contributed by atoms with Gasteiger partial charge in [-0.25, -0.2) is 0 Å². The average Bonchev–Trinajstić information content (AvgIpc) is 2.54. The van der Waals surface area contributed by atoms with Crippen LogP contribution in [0.5, 0.6) is 0 Å². The lowest BCUT2D eigenvalue weighted by molar-refractivity contribution is 0.121. The van der Waals surface area contributed by atoms with E-state index in [9.17, 15) is 0 Å². The molecule has 13 heavy (non-hydrogen) atoms. The Kier molecular flexibility index (Phi) is 2.50. The summed E-state index contributed by atoms with van der Waals surface area (Å²) in [5.74, 6) is 0. The minimum absolute atomic E-state index is 0.334. The number of nitrogens with one attached hydrogen (secondary N) is 1. The standard InChI is InChI=1S/C11H15NO/c1-9-11(7-8-13-9)12-10-5-3-2-4-6-10/h2-6,9,11-12H,7-8H2,1H3/t9-,11-/m1/s1. The fraction of sp³-hybridized carbons (Fsp3) is 0.455. The largest absolute Gasteiger partial charge is 0.380 e. The van der Waals surface area contributed by atoms with Crippen molar-refractivity contribution < 1.29 is 4.74 Å². The Balaban J connectivity index is 1.98. The molecule has 0 spiro atoms. The molecule has 1 N–H and O–H groups in total. The van der Waals surface area contributed by atoms with Gasteiger partial charge in [0.25, 0.3) is 0 Å². The second-order valence-electron chi connectivity index (χ2n) is 3.48. The second-order valence-corrected chi connectivity index (χ2v) is 3.48. The number of benzene rings is 1. The van der Waals surface area contributed by atoms with E-state index >= 15 is 0 Å². The van der Waals surface area contributed by atoms with Gasteiger partial charge < -0.3 is 10.1 Å². The first-order valence-corrected chi connectivity index (χ1v) is 4.79. The first-order chi connectivity index (χ1) is 6.36. The number of rotatable bonds is 2. The van der Waals surface area contributed by atoms with Crippen LogP contribution in [0.3, 0.4) is 0 Å². The molecule has 1 aromatic carbocycles. The van der Waals surface area contributed by atoms with Crippen LogP contribution in [0.25, 0.3) is 0 Å². The van der Waals surface area contributed by atoms with Crippen LogP contribution >= 0.6 is 0 Å². The first kappa shape index (κ1) is 8.57. The van der Waals surface area contributed by atoms with E-state index in [1.165, 1.54) is 5.69 Å². The van der Waals surface area contributed by atoms with Crippen molar-refractivity contribution in [3.8, 4) is 0 Å². The Hall–Kier alpha value is -1.02. The molecule has 1 heterocycles. The van der Waals surface area contributed by atoms with E-state index in [0.717, 1.165) is 13.0 Å². The van der Waals surface area contributed by atoms with Crippen molar-refractivity contribution in [1.29, 1.82) is 0 Å². The summed E-state index contributed by atoms with van der Waals surface area (Å²) in [6.45, 7) is 3.00. The molecule has 1 aliphatic rings. The highest BCUT2D eigenvalue weighted by atomic mass is 16.5. The van der Waals surface area contributed by atoms with Crippen molar-refractivity contribution in [2.75, 3.05) is 11.9 Å². The van der Waals surface area contributed by atoms with E-state index in [-0.39, 0.29) is 0 Å². The van der Waals surface area contributed by atoms with E-state index in [1.54, 1.807) is 0 Å². The SMILES string of the molecule is C[C@H]1OCC[C@H]1Nc1ccccc1. The third-order valence-electron chi connectivity index (χ3n) is 2.50. The van der Waals surface area contributed by atoms with Crippen LogP contribution < -0.4 is 5.32 Å². The molecule has 1 fully saturated rings. The van der Waals surface area contributed by atoms with Crippen molar-refractivity contribution in [3.05, 3.63) is 30.3 Å². The quantitative estimate of drug-likeness (QED) is 0.748. The number of hydrogen-bond donors (Lipinski definition) is 1. The molecule has 0 amide bonds. The summed E-state index contributed by atoms with van der Waals surface area (Å²) in [4.78, 5) is 0. The molecule has 1 aliphatic heterocycles. The van der Waals surface area contributed by atoms with Crippen LogP contribution in [0.15, 0.2) is 30.3 Å². The minimum Gasteiger partial charge on any atom is -0.380 e. The van der Waals surface area contributed by atoms with Crippen LogP contribution in [0.4, 0.5) is 5.69 Å². The van der Waals surface area contributed by atoms with Crippen LogP contribution in [-0.4, -0.2) is 18.8 Å². The molecular weight excluding hydrogens is 162 g/mol. The van der Waals surface area contributed by atoms with Gasteiger partial charge in [-0.05, 0) is 25.5 Å².